The summed E-state index contributed by atoms with van der Waals surface area (Å²) in [6, 6.07) is 1.69. The van der Waals surface area contributed by atoms with Crippen LogP contribution in [-0.2, 0) is 16.1 Å². The van der Waals surface area contributed by atoms with Crippen LogP contribution in [0.3, 0.4) is 0 Å². The molecule has 13 heavy (non-hydrogen) atoms. The highest BCUT2D eigenvalue weighted by molar-refractivity contribution is 5.69. The number of nitriles is 1. The van der Waals surface area contributed by atoms with Crippen molar-refractivity contribution in [3.8, 4) is 6.07 Å². The number of carbonyl (C=O) groups excluding carboxylic acids is 1. The lowest BCUT2D eigenvalue weighted by molar-refractivity contribution is -0.143. The summed E-state index contributed by atoms with van der Waals surface area (Å²) in [4.78, 5) is 10.9. The van der Waals surface area contributed by atoms with Crippen molar-refractivity contribution in [1.82, 2.24) is 9.78 Å². The first-order valence-corrected chi connectivity index (χ1v) is 3.53. The number of nitrogen functional groups attached to an aromatic ring is 1. The van der Waals surface area contributed by atoms with Gasteiger partial charge in [0, 0.05) is 6.20 Å². The van der Waals surface area contributed by atoms with Crippen molar-refractivity contribution in [3.63, 3.8) is 0 Å². The molecule has 0 amide bonds. The van der Waals surface area contributed by atoms with E-state index in [-0.39, 0.29) is 13.2 Å². The van der Waals surface area contributed by atoms with Gasteiger partial charge in [0.05, 0.1) is 11.9 Å². The van der Waals surface area contributed by atoms with Crippen LogP contribution in [0.2, 0.25) is 0 Å². The number of ether oxygens (including phenoxy) is 1. The molecule has 1 aromatic rings. The van der Waals surface area contributed by atoms with Gasteiger partial charge in [-0.1, -0.05) is 0 Å². The van der Waals surface area contributed by atoms with Gasteiger partial charge in [-0.25, -0.2) is 0 Å². The Morgan fingerprint density at radius 3 is 3.15 bits per heavy atom. The van der Waals surface area contributed by atoms with Crippen LogP contribution >= 0.6 is 0 Å². The molecular formula is C7H8N4O2. The van der Waals surface area contributed by atoms with Gasteiger partial charge in [-0.05, 0) is 0 Å². The van der Waals surface area contributed by atoms with Gasteiger partial charge in [0.2, 0.25) is 0 Å². The van der Waals surface area contributed by atoms with Crippen LogP contribution in [0.1, 0.15) is 0 Å². The fourth-order valence-corrected chi connectivity index (χ4v) is 0.757. The molecule has 0 aliphatic heterocycles. The summed E-state index contributed by atoms with van der Waals surface area (Å²) in [7, 11) is 0. The van der Waals surface area contributed by atoms with E-state index in [9.17, 15) is 4.79 Å². The zero-order chi connectivity index (χ0) is 9.68. The molecule has 1 heterocycles. The number of hydrogen-bond acceptors (Lipinski definition) is 5. The molecular weight excluding hydrogens is 172 g/mol. The lowest BCUT2D eigenvalue weighted by Crippen LogP contribution is -2.13. The standard InChI is InChI=1S/C7H8N4O2/c8-1-2-13-7(12)5-11-4-6(9)3-10-11/h3-4H,2,5,9H2. The van der Waals surface area contributed by atoms with E-state index >= 15 is 0 Å². The van der Waals surface area contributed by atoms with Crippen LogP contribution in [0, 0.1) is 11.3 Å². The zero-order valence-electron chi connectivity index (χ0n) is 6.80. The average molecular weight is 180 g/mol. The molecule has 0 spiro atoms. The van der Waals surface area contributed by atoms with Crippen molar-refractivity contribution in [2.45, 2.75) is 6.54 Å². The van der Waals surface area contributed by atoms with Gasteiger partial charge in [-0.3, -0.25) is 9.48 Å². The minimum Gasteiger partial charge on any atom is -0.449 e. The highest BCUT2D eigenvalue weighted by Crippen LogP contribution is 1.97. The highest BCUT2D eigenvalue weighted by Gasteiger charge is 2.03. The van der Waals surface area contributed by atoms with Crippen LogP contribution in [0.4, 0.5) is 5.69 Å². The molecule has 2 N–H and O–H groups in total. The summed E-state index contributed by atoms with van der Waals surface area (Å²) in [6.07, 6.45) is 2.94. The van der Waals surface area contributed by atoms with Crippen LogP contribution in [0.15, 0.2) is 12.4 Å². The Kier molecular flexibility index (Phi) is 2.87. The van der Waals surface area contributed by atoms with Gasteiger partial charge in [0.25, 0.3) is 0 Å². The summed E-state index contributed by atoms with van der Waals surface area (Å²) in [5, 5.41) is 11.9. The van der Waals surface area contributed by atoms with Crippen molar-refractivity contribution in [1.29, 1.82) is 5.26 Å². The Balaban J connectivity index is 2.41. The second-order valence-electron chi connectivity index (χ2n) is 2.29. The summed E-state index contributed by atoms with van der Waals surface area (Å²) < 4.78 is 5.84. The second kappa shape index (κ2) is 4.11. The van der Waals surface area contributed by atoms with Crippen molar-refractivity contribution >= 4 is 11.7 Å². The predicted octanol–water partition coefficient (Wildman–Crippen LogP) is -0.468. The Morgan fingerprint density at radius 2 is 2.62 bits per heavy atom. The van der Waals surface area contributed by atoms with E-state index in [1.54, 1.807) is 6.07 Å². The van der Waals surface area contributed by atoms with E-state index in [2.05, 4.69) is 9.84 Å². The quantitative estimate of drug-likeness (QED) is 0.634. The number of rotatable bonds is 3. The van der Waals surface area contributed by atoms with Gasteiger partial charge < -0.3 is 10.5 Å². The molecule has 6 heteroatoms. The normalized spacial score (nSPS) is 9.15. The molecule has 6 nitrogen and oxygen atoms in total. The van der Waals surface area contributed by atoms with Gasteiger partial charge in [-0.15, -0.1) is 0 Å². The maximum absolute atomic E-state index is 10.9. The van der Waals surface area contributed by atoms with Gasteiger partial charge in [0.1, 0.15) is 12.6 Å². The van der Waals surface area contributed by atoms with Crippen molar-refractivity contribution in [2.24, 2.45) is 0 Å². The monoisotopic (exact) mass is 180 g/mol. The number of nitrogens with two attached hydrogens (primary N) is 1. The third-order valence-electron chi connectivity index (χ3n) is 1.24. The Morgan fingerprint density at radius 1 is 1.85 bits per heavy atom. The molecule has 68 valence electrons. The molecule has 0 saturated heterocycles. The fraction of sp³-hybridized carbons (Fsp3) is 0.286. The summed E-state index contributed by atoms with van der Waals surface area (Å²) in [5.41, 5.74) is 5.85. The molecule has 0 bridgehead atoms. The van der Waals surface area contributed by atoms with Crippen molar-refractivity contribution in [3.05, 3.63) is 12.4 Å². The number of anilines is 1. The smallest absolute Gasteiger partial charge is 0.328 e. The van der Waals surface area contributed by atoms with Crippen molar-refractivity contribution in [2.75, 3.05) is 12.3 Å². The molecule has 0 atom stereocenters. The maximum atomic E-state index is 10.9. The van der Waals surface area contributed by atoms with E-state index in [1.807, 2.05) is 0 Å². The molecule has 0 aliphatic rings. The number of nitrogens with zero attached hydrogens (tertiary/aromatic N) is 3. The van der Waals surface area contributed by atoms with Crippen LogP contribution in [0.5, 0.6) is 0 Å². The summed E-state index contributed by atoms with van der Waals surface area (Å²) in [6.45, 7) is -0.269. The topological polar surface area (TPSA) is 93.9 Å². The molecule has 0 fully saturated rings. The second-order valence-corrected chi connectivity index (χ2v) is 2.29. The summed E-state index contributed by atoms with van der Waals surface area (Å²) in [5.74, 6) is -0.510. The SMILES string of the molecule is N#CCOC(=O)Cn1cc(N)cn1. The van der Waals surface area contributed by atoms with E-state index < -0.39 is 5.97 Å². The molecule has 0 radical (unpaired) electrons. The predicted molar refractivity (Wildman–Crippen MR) is 43.2 cm³/mol. The fourth-order valence-electron chi connectivity index (χ4n) is 0.757. The van der Waals surface area contributed by atoms with Gasteiger partial charge >= 0.3 is 5.97 Å². The van der Waals surface area contributed by atoms with Crippen LogP contribution in [-0.4, -0.2) is 22.4 Å². The number of esters is 1. The molecule has 1 rings (SSSR count). The lowest BCUT2D eigenvalue weighted by atomic mass is 10.6. The Hall–Kier alpha value is -2.03. The van der Waals surface area contributed by atoms with E-state index in [0.717, 1.165) is 0 Å². The lowest BCUT2D eigenvalue weighted by Gasteiger charge is -1.99. The Bertz CT molecular complexity index is 339. The number of carbonyl (C=O) groups is 1. The third-order valence-corrected chi connectivity index (χ3v) is 1.24. The average Bonchev–Trinajstić information content (AvgIpc) is 2.48. The van der Waals surface area contributed by atoms with Crippen LogP contribution in [0.25, 0.3) is 0 Å². The summed E-state index contributed by atoms with van der Waals surface area (Å²) >= 11 is 0. The molecule has 0 aliphatic carbocycles. The minimum atomic E-state index is -0.510. The van der Waals surface area contributed by atoms with E-state index in [0.29, 0.717) is 5.69 Å². The first-order chi connectivity index (χ1) is 6.22. The highest BCUT2D eigenvalue weighted by atomic mass is 16.5. The third kappa shape index (κ3) is 2.83. The maximum Gasteiger partial charge on any atom is 0.328 e. The largest absolute Gasteiger partial charge is 0.449 e. The van der Waals surface area contributed by atoms with Gasteiger partial charge in [-0.2, -0.15) is 10.4 Å². The van der Waals surface area contributed by atoms with Gasteiger partial charge in [0.15, 0.2) is 6.61 Å². The minimum absolute atomic E-state index is 0.0289. The van der Waals surface area contributed by atoms with E-state index in [1.165, 1.54) is 17.1 Å². The number of hydrogen-bond donors (Lipinski definition) is 1. The number of aromatic nitrogens is 2. The zero-order valence-corrected chi connectivity index (χ0v) is 6.80. The van der Waals surface area contributed by atoms with E-state index in [4.69, 9.17) is 11.0 Å². The Labute approximate surface area is 74.5 Å². The van der Waals surface area contributed by atoms with Crippen LogP contribution < -0.4 is 5.73 Å². The molecule has 0 unspecified atom stereocenters. The molecule has 0 saturated carbocycles. The first-order valence-electron chi connectivity index (χ1n) is 3.53. The van der Waals surface area contributed by atoms with Crippen molar-refractivity contribution < 1.29 is 9.53 Å². The molecule has 1 aromatic heterocycles. The molecule has 0 aromatic carbocycles. The first kappa shape index (κ1) is 9.06.